The average Bonchev–Trinajstić information content (AvgIpc) is 2.33. The van der Waals surface area contributed by atoms with E-state index in [0.717, 1.165) is 11.8 Å². The quantitative estimate of drug-likeness (QED) is 0.338. The van der Waals surface area contributed by atoms with Crippen molar-refractivity contribution in [1.82, 2.24) is 0 Å². The number of unbranched alkanes of at least 4 members (excludes halogenated alkanes) is 5. The molecule has 0 N–H and O–H groups in total. The molecule has 17 heavy (non-hydrogen) atoms. The van der Waals surface area contributed by atoms with E-state index in [9.17, 15) is 0 Å². The first-order valence-corrected chi connectivity index (χ1v) is 8.24. The van der Waals surface area contributed by atoms with Gasteiger partial charge in [0.2, 0.25) is 0 Å². The molecule has 0 aromatic rings. The number of hydrogen-bond donors (Lipinski definition) is 0. The summed E-state index contributed by atoms with van der Waals surface area (Å²) in [5.74, 6) is 1.96. The van der Waals surface area contributed by atoms with E-state index in [2.05, 4.69) is 27.7 Å². The van der Waals surface area contributed by atoms with Gasteiger partial charge in [0.25, 0.3) is 0 Å². The summed E-state index contributed by atoms with van der Waals surface area (Å²) in [7, 11) is 0. The van der Waals surface area contributed by atoms with Gasteiger partial charge in [0.05, 0.1) is 0 Å². The van der Waals surface area contributed by atoms with Gasteiger partial charge in [0, 0.05) is 0 Å². The van der Waals surface area contributed by atoms with Crippen LogP contribution in [-0.2, 0) is 0 Å². The number of rotatable bonds is 12. The first-order chi connectivity index (χ1) is 8.24. The van der Waals surface area contributed by atoms with E-state index in [1.165, 1.54) is 70.6 Å². The van der Waals surface area contributed by atoms with Gasteiger partial charge in [-0.3, -0.25) is 0 Å². The van der Waals surface area contributed by atoms with Crippen molar-refractivity contribution in [3.8, 4) is 0 Å². The molecule has 0 bridgehead atoms. The average molecular weight is 240 g/mol. The summed E-state index contributed by atoms with van der Waals surface area (Å²) < 4.78 is 0. The summed E-state index contributed by atoms with van der Waals surface area (Å²) in [4.78, 5) is 0. The van der Waals surface area contributed by atoms with E-state index in [0.29, 0.717) is 0 Å². The molecule has 0 amide bonds. The minimum absolute atomic E-state index is 0.957. The van der Waals surface area contributed by atoms with Gasteiger partial charge in [-0.15, -0.1) is 0 Å². The van der Waals surface area contributed by atoms with E-state index >= 15 is 0 Å². The van der Waals surface area contributed by atoms with Crippen molar-refractivity contribution in [1.29, 1.82) is 0 Å². The Balaban J connectivity index is 3.55. The molecule has 0 heterocycles. The Morgan fingerprint density at radius 2 is 1.29 bits per heavy atom. The van der Waals surface area contributed by atoms with Crippen LogP contribution in [0.25, 0.3) is 0 Å². The van der Waals surface area contributed by atoms with Crippen LogP contribution in [0, 0.1) is 11.8 Å². The Hall–Kier alpha value is 0. The summed E-state index contributed by atoms with van der Waals surface area (Å²) in [6.07, 6.45) is 15.8. The molecule has 0 rings (SSSR count). The zero-order valence-electron chi connectivity index (χ0n) is 12.9. The van der Waals surface area contributed by atoms with E-state index in [1.807, 2.05) is 0 Å². The molecule has 2 unspecified atom stereocenters. The van der Waals surface area contributed by atoms with Crippen LogP contribution in [0.3, 0.4) is 0 Å². The molecular formula is C17H36. The molecule has 0 aromatic carbocycles. The van der Waals surface area contributed by atoms with E-state index in [1.54, 1.807) is 0 Å². The van der Waals surface area contributed by atoms with Crippen LogP contribution in [0.5, 0.6) is 0 Å². The fourth-order valence-electron chi connectivity index (χ4n) is 2.78. The Morgan fingerprint density at radius 3 is 1.88 bits per heavy atom. The second kappa shape index (κ2) is 12.5. The number of hydrogen-bond acceptors (Lipinski definition) is 0. The lowest BCUT2D eigenvalue weighted by Crippen LogP contribution is -2.06. The van der Waals surface area contributed by atoms with Crippen molar-refractivity contribution in [3.63, 3.8) is 0 Å². The minimum atomic E-state index is 0.957. The Kier molecular flexibility index (Phi) is 12.5. The van der Waals surface area contributed by atoms with Gasteiger partial charge >= 0.3 is 0 Å². The lowest BCUT2D eigenvalue weighted by molar-refractivity contribution is 0.331. The highest BCUT2D eigenvalue weighted by atomic mass is 14.2. The second-order valence-corrected chi connectivity index (χ2v) is 5.96. The summed E-state index contributed by atoms with van der Waals surface area (Å²) in [5.41, 5.74) is 0. The lowest BCUT2D eigenvalue weighted by atomic mass is 9.87. The van der Waals surface area contributed by atoms with Gasteiger partial charge in [0.15, 0.2) is 0 Å². The van der Waals surface area contributed by atoms with Crippen molar-refractivity contribution in [2.24, 2.45) is 11.8 Å². The first-order valence-electron chi connectivity index (χ1n) is 8.24. The Morgan fingerprint density at radius 1 is 0.706 bits per heavy atom. The SMILES string of the molecule is CCCCCCC(C)CC(CC)CCCCC. The monoisotopic (exact) mass is 240 g/mol. The molecule has 0 heteroatoms. The predicted octanol–water partition coefficient (Wildman–Crippen LogP) is 6.59. The third kappa shape index (κ3) is 10.9. The zero-order chi connectivity index (χ0) is 12.9. The van der Waals surface area contributed by atoms with Gasteiger partial charge < -0.3 is 0 Å². The third-order valence-electron chi connectivity index (χ3n) is 4.08. The minimum Gasteiger partial charge on any atom is -0.0654 e. The van der Waals surface area contributed by atoms with Crippen LogP contribution < -0.4 is 0 Å². The van der Waals surface area contributed by atoms with E-state index in [4.69, 9.17) is 0 Å². The highest BCUT2D eigenvalue weighted by molar-refractivity contribution is 4.63. The molecule has 0 saturated carbocycles. The molecule has 0 saturated heterocycles. The largest absolute Gasteiger partial charge is 0.0654 e. The second-order valence-electron chi connectivity index (χ2n) is 5.96. The van der Waals surface area contributed by atoms with Crippen molar-refractivity contribution in [2.75, 3.05) is 0 Å². The molecule has 0 aliphatic rings. The van der Waals surface area contributed by atoms with Crippen molar-refractivity contribution in [3.05, 3.63) is 0 Å². The van der Waals surface area contributed by atoms with Gasteiger partial charge in [0.1, 0.15) is 0 Å². The van der Waals surface area contributed by atoms with E-state index < -0.39 is 0 Å². The summed E-state index contributed by atoms with van der Waals surface area (Å²) in [5, 5.41) is 0. The van der Waals surface area contributed by atoms with Crippen LogP contribution in [0.1, 0.15) is 98.3 Å². The molecule has 104 valence electrons. The summed E-state index contributed by atoms with van der Waals surface area (Å²) in [6.45, 7) is 9.44. The molecule has 0 aliphatic carbocycles. The maximum atomic E-state index is 2.47. The van der Waals surface area contributed by atoms with Crippen LogP contribution in [0.15, 0.2) is 0 Å². The topological polar surface area (TPSA) is 0 Å². The Bertz CT molecular complexity index is 139. The standard InChI is InChI=1S/C17H36/c1-5-8-10-12-13-16(4)15-17(7-3)14-11-9-6-2/h16-17H,5-15H2,1-4H3. The first kappa shape index (κ1) is 17.0. The van der Waals surface area contributed by atoms with Crippen LogP contribution in [-0.4, -0.2) is 0 Å². The highest BCUT2D eigenvalue weighted by Gasteiger charge is 2.11. The lowest BCUT2D eigenvalue weighted by Gasteiger charge is -2.19. The van der Waals surface area contributed by atoms with Gasteiger partial charge in [-0.25, -0.2) is 0 Å². The zero-order valence-corrected chi connectivity index (χ0v) is 12.9. The maximum Gasteiger partial charge on any atom is -0.0414 e. The fraction of sp³-hybridized carbons (Fsp3) is 1.00. The van der Waals surface area contributed by atoms with Crippen molar-refractivity contribution >= 4 is 0 Å². The van der Waals surface area contributed by atoms with Crippen molar-refractivity contribution < 1.29 is 0 Å². The molecule has 0 nitrogen and oxygen atoms in total. The molecule has 0 aromatic heterocycles. The highest BCUT2D eigenvalue weighted by Crippen LogP contribution is 2.25. The van der Waals surface area contributed by atoms with Gasteiger partial charge in [-0.1, -0.05) is 91.9 Å². The van der Waals surface area contributed by atoms with Crippen LogP contribution >= 0.6 is 0 Å². The maximum absolute atomic E-state index is 2.47. The van der Waals surface area contributed by atoms with Crippen LogP contribution in [0.4, 0.5) is 0 Å². The molecule has 0 spiro atoms. The summed E-state index contributed by atoms with van der Waals surface area (Å²) in [6, 6.07) is 0. The molecule has 0 aliphatic heterocycles. The molecule has 2 atom stereocenters. The smallest absolute Gasteiger partial charge is 0.0414 e. The molecular weight excluding hydrogens is 204 g/mol. The fourth-order valence-corrected chi connectivity index (χ4v) is 2.78. The Labute approximate surface area is 111 Å². The van der Waals surface area contributed by atoms with E-state index in [-0.39, 0.29) is 0 Å². The third-order valence-corrected chi connectivity index (χ3v) is 4.08. The van der Waals surface area contributed by atoms with Crippen LogP contribution in [0.2, 0.25) is 0 Å². The van der Waals surface area contributed by atoms with Gasteiger partial charge in [-0.2, -0.15) is 0 Å². The normalized spacial score (nSPS) is 14.8. The summed E-state index contributed by atoms with van der Waals surface area (Å²) >= 11 is 0. The van der Waals surface area contributed by atoms with Crippen molar-refractivity contribution in [2.45, 2.75) is 98.3 Å². The predicted molar refractivity (Wildman–Crippen MR) is 80.5 cm³/mol. The molecule has 0 fully saturated rings. The molecule has 0 radical (unpaired) electrons. The van der Waals surface area contributed by atoms with Gasteiger partial charge in [-0.05, 0) is 18.3 Å².